The number of amides is 1. The van der Waals surface area contributed by atoms with Crippen LogP contribution in [0.5, 0.6) is 0 Å². The molecule has 0 aliphatic carbocycles. The van der Waals surface area contributed by atoms with Gasteiger partial charge in [-0.25, -0.2) is 4.39 Å². The SMILES string of the molecule is C[C@H](Cl)C(=O)NCCc1ccc(F)cc1. The zero-order valence-electron chi connectivity index (χ0n) is 8.47. The summed E-state index contributed by atoms with van der Waals surface area (Å²) < 4.78 is 12.6. The van der Waals surface area contributed by atoms with Gasteiger partial charge in [0.25, 0.3) is 0 Å². The summed E-state index contributed by atoms with van der Waals surface area (Å²) in [5.41, 5.74) is 0.985. The molecule has 1 rings (SSSR count). The molecule has 15 heavy (non-hydrogen) atoms. The van der Waals surface area contributed by atoms with E-state index in [2.05, 4.69) is 5.32 Å². The number of carbonyl (C=O) groups is 1. The lowest BCUT2D eigenvalue weighted by Gasteiger charge is -2.06. The maximum Gasteiger partial charge on any atom is 0.237 e. The molecule has 0 aromatic heterocycles. The van der Waals surface area contributed by atoms with Gasteiger partial charge in [-0.2, -0.15) is 0 Å². The zero-order chi connectivity index (χ0) is 11.3. The molecule has 0 saturated heterocycles. The molecule has 1 amide bonds. The van der Waals surface area contributed by atoms with Gasteiger partial charge in [-0.3, -0.25) is 4.79 Å². The maximum atomic E-state index is 12.6. The van der Waals surface area contributed by atoms with Gasteiger partial charge in [-0.15, -0.1) is 11.6 Å². The molecule has 0 aliphatic heterocycles. The Hall–Kier alpha value is -1.09. The van der Waals surface area contributed by atoms with Crippen LogP contribution in [-0.2, 0) is 11.2 Å². The van der Waals surface area contributed by atoms with Gasteiger partial charge in [-0.05, 0) is 31.0 Å². The summed E-state index contributed by atoms with van der Waals surface area (Å²) in [4.78, 5) is 11.1. The molecular formula is C11H13ClFNO. The van der Waals surface area contributed by atoms with Crippen molar-refractivity contribution in [2.24, 2.45) is 0 Å². The van der Waals surface area contributed by atoms with Crippen molar-refractivity contribution in [3.63, 3.8) is 0 Å². The normalized spacial score (nSPS) is 12.2. The number of halogens is 2. The van der Waals surface area contributed by atoms with E-state index in [1.54, 1.807) is 19.1 Å². The molecule has 0 heterocycles. The Morgan fingerprint density at radius 2 is 2.07 bits per heavy atom. The van der Waals surface area contributed by atoms with Crippen LogP contribution >= 0.6 is 11.6 Å². The molecule has 0 bridgehead atoms. The van der Waals surface area contributed by atoms with E-state index in [1.165, 1.54) is 12.1 Å². The molecule has 0 unspecified atom stereocenters. The molecule has 1 atom stereocenters. The van der Waals surface area contributed by atoms with E-state index in [1.807, 2.05) is 0 Å². The Balaban J connectivity index is 2.32. The van der Waals surface area contributed by atoms with E-state index in [0.717, 1.165) is 5.56 Å². The monoisotopic (exact) mass is 229 g/mol. The van der Waals surface area contributed by atoms with Crippen molar-refractivity contribution in [3.05, 3.63) is 35.6 Å². The molecule has 0 spiro atoms. The minimum Gasteiger partial charge on any atom is -0.354 e. The summed E-state index contributed by atoms with van der Waals surface area (Å²) >= 11 is 5.57. The predicted molar refractivity (Wildman–Crippen MR) is 58.4 cm³/mol. The van der Waals surface area contributed by atoms with Crippen LogP contribution in [0.25, 0.3) is 0 Å². The highest BCUT2D eigenvalue weighted by Crippen LogP contribution is 2.02. The van der Waals surface area contributed by atoms with Gasteiger partial charge < -0.3 is 5.32 Å². The fourth-order valence-corrected chi connectivity index (χ4v) is 1.20. The quantitative estimate of drug-likeness (QED) is 0.788. The number of carbonyl (C=O) groups excluding carboxylic acids is 1. The molecule has 0 radical (unpaired) electrons. The van der Waals surface area contributed by atoms with Crippen molar-refractivity contribution in [3.8, 4) is 0 Å². The van der Waals surface area contributed by atoms with Gasteiger partial charge >= 0.3 is 0 Å². The number of alkyl halides is 1. The number of nitrogens with one attached hydrogen (secondary N) is 1. The van der Waals surface area contributed by atoms with Crippen molar-refractivity contribution >= 4 is 17.5 Å². The first-order valence-corrected chi connectivity index (χ1v) is 5.19. The van der Waals surface area contributed by atoms with E-state index in [-0.39, 0.29) is 11.7 Å². The number of benzene rings is 1. The van der Waals surface area contributed by atoms with Gasteiger partial charge in [0.15, 0.2) is 0 Å². The predicted octanol–water partition coefficient (Wildman–Crippen LogP) is 2.11. The van der Waals surface area contributed by atoms with Gasteiger partial charge in [-0.1, -0.05) is 12.1 Å². The molecule has 1 aromatic carbocycles. The van der Waals surface area contributed by atoms with Gasteiger partial charge in [0.2, 0.25) is 5.91 Å². The second-order valence-corrected chi connectivity index (χ2v) is 3.94. The largest absolute Gasteiger partial charge is 0.354 e. The smallest absolute Gasteiger partial charge is 0.237 e. The van der Waals surface area contributed by atoms with Crippen LogP contribution in [0.1, 0.15) is 12.5 Å². The van der Waals surface area contributed by atoms with Crippen LogP contribution in [0.15, 0.2) is 24.3 Å². The Morgan fingerprint density at radius 1 is 1.47 bits per heavy atom. The summed E-state index contributed by atoms with van der Waals surface area (Å²) in [6.45, 7) is 2.14. The standard InChI is InChI=1S/C11H13ClFNO/c1-8(12)11(15)14-7-6-9-2-4-10(13)5-3-9/h2-5,8H,6-7H2,1H3,(H,14,15)/t8-/m0/s1. The molecule has 0 fully saturated rings. The maximum absolute atomic E-state index is 12.6. The van der Waals surface area contributed by atoms with Crippen LogP contribution in [0.4, 0.5) is 4.39 Å². The Morgan fingerprint density at radius 3 is 2.60 bits per heavy atom. The summed E-state index contributed by atoms with van der Waals surface area (Å²) in [7, 11) is 0. The van der Waals surface area contributed by atoms with E-state index in [0.29, 0.717) is 13.0 Å². The molecule has 4 heteroatoms. The minimum absolute atomic E-state index is 0.182. The van der Waals surface area contributed by atoms with Crippen LogP contribution in [-0.4, -0.2) is 17.8 Å². The lowest BCUT2D eigenvalue weighted by Crippen LogP contribution is -2.31. The topological polar surface area (TPSA) is 29.1 Å². The Kier molecular flexibility index (Phi) is 4.56. The van der Waals surface area contributed by atoms with Crippen LogP contribution < -0.4 is 5.32 Å². The van der Waals surface area contributed by atoms with Crippen molar-refractivity contribution in [2.75, 3.05) is 6.54 Å². The summed E-state index contributed by atoms with van der Waals surface area (Å²) in [6.07, 6.45) is 0.676. The number of rotatable bonds is 4. The number of hydrogen-bond acceptors (Lipinski definition) is 1. The lowest BCUT2D eigenvalue weighted by atomic mass is 10.1. The Bertz CT molecular complexity index is 324. The summed E-state index contributed by atoms with van der Waals surface area (Å²) in [5.74, 6) is -0.434. The van der Waals surface area contributed by atoms with Gasteiger partial charge in [0.1, 0.15) is 11.2 Å². The minimum atomic E-state index is -0.516. The number of hydrogen-bond donors (Lipinski definition) is 1. The molecule has 2 nitrogen and oxygen atoms in total. The van der Waals surface area contributed by atoms with E-state index < -0.39 is 5.38 Å². The highest BCUT2D eigenvalue weighted by molar-refractivity contribution is 6.30. The molecule has 1 aromatic rings. The third kappa shape index (κ3) is 4.30. The van der Waals surface area contributed by atoms with E-state index in [9.17, 15) is 9.18 Å². The first-order chi connectivity index (χ1) is 7.09. The molecule has 1 N–H and O–H groups in total. The average molecular weight is 230 g/mol. The molecule has 0 saturated carbocycles. The summed E-state index contributed by atoms with van der Waals surface area (Å²) in [5, 5.41) is 2.17. The lowest BCUT2D eigenvalue weighted by molar-refractivity contribution is -0.120. The van der Waals surface area contributed by atoms with Gasteiger partial charge in [0, 0.05) is 6.54 Å². The van der Waals surface area contributed by atoms with Crippen LogP contribution in [0.3, 0.4) is 0 Å². The summed E-state index contributed by atoms with van der Waals surface area (Å²) in [6, 6.07) is 6.21. The van der Waals surface area contributed by atoms with E-state index in [4.69, 9.17) is 11.6 Å². The first kappa shape index (κ1) is 12.0. The third-order valence-electron chi connectivity index (χ3n) is 1.99. The van der Waals surface area contributed by atoms with Crippen LogP contribution in [0, 0.1) is 5.82 Å². The van der Waals surface area contributed by atoms with E-state index >= 15 is 0 Å². The van der Waals surface area contributed by atoms with Crippen LogP contribution in [0.2, 0.25) is 0 Å². The van der Waals surface area contributed by atoms with Crippen molar-refractivity contribution < 1.29 is 9.18 Å². The average Bonchev–Trinajstić information content (AvgIpc) is 2.20. The highest BCUT2D eigenvalue weighted by atomic mass is 35.5. The second-order valence-electron chi connectivity index (χ2n) is 3.28. The third-order valence-corrected chi connectivity index (χ3v) is 2.19. The molecule has 82 valence electrons. The van der Waals surface area contributed by atoms with Crippen molar-refractivity contribution in [1.29, 1.82) is 0 Å². The fraction of sp³-hybridized carbons (Fsp3) is 0.364. The van der Waals surface area contributed by atoms with Crippen molar-refractivity contribution in [2.45, 2.75) is 18.7 Å². The fourth-order valence-electron chi connectivity index (χ4n) is 1.12. The van der Waals surface area contributed by atoms with Crippen molar-refractivity contribution in [1.82, 2.24) is 5.32 Å². The second kappa shape index (κ2) is 5.71. The Labute approximate surface area is 93.4 Å². The van der Waals surface area contributed by atoms with Gasteiger partial charge in [0.05, 0.1) is 0 Å². The highest BCUT2D eigenvalue weighted by Gasteiger charge is 2.07. The first-order valence-electron chi connectivity index (χ1n) is 4.76. The zero-order valence-corrected chi connectivity index (χ0v) is 9.22. The molecule has 0 aliphatic rings. The molecular weight excluding hydrogens is 217 g/mol.